The first kappa shape index (κ1) is 17.9. The van der Waals surface area contributed by atoms with Crippen molar-refractivity contribution in [1.82, 2.24) is 20.4 Å². The molecule has 3 rings (SSSR count). The molecule has 1 saturated heterocycles. The Hall–Kier alpha value is -1.90. The van der Waals surface area contributed by atoms with Crippen LogP contribution in [0.4, 0.5) is 4.79 Å². The summed E-state index contributed by atoms with van der Waals surface area (Å²) < 4.78 is 5.27. The summed E-state index contributed by atoms with van der Waals surface area (Å²) in [6.45, 7) is 6.39. The number of esters is 1. The number of likely N-dealkylation sites (N-methyl/N-ethyl adjacent to an activating group) is 1. The highest BCUT2D eigenvalue weighted by molar-refractivity contribution is 7.10. The van der Waals surface area contributed by atoms with Gasteiger partial charge < -0.3 is 20.3 Å². The van der Waals surface area contributed by atoms with E-state index in [-0.39, 0.29) is 12.0 Å². The van der Waals surface area contributed by atoms with Crippen LogP contribution in [0.1, 0.15) is 17.8 Å². The number of carbonyl (C=O) groups is 2. The Labute approximate surface area is 151 Å². The van der Waals surface area contributed by atoms with E-state index >= 15 is 0 Å². The van der Waals surface area contributed by atoms with Gasteiger partial charge in [-0.05, 0) is 25.4 Å². The molecule has 2 aliphatic rings. The number of hydrogen-bond donors (Lipinski definition) is 2. The topological polar surface area (TPSA) is 73.9 Å². The SMILES string of the molecule is CCOC(=O)C1=C(CN2CCN(C)CC2)NC(=O)NC1c1cccs1. The lowest BCUT2D eigenvalue weighted by Crippen LogP contribution is -2.51. The third-order valence-corrected chi connectivity index (χ3v) is 5.39. The lowest BCUT2D eigenvalue weighted by atomic mass is 10.0. The number of amides is 2. The monoisotopic (exact) mass is 364 g/mol. The van der Waals surface area contributed by atoms with Gasteiger partial charge in [0.1, 0.15) is 0 Å². The normalized spacial score (nSPS) is 22.5. The van der Waals surface area contributed by atoms with E-state index < -0.39 is 6.04 Å². The first-order valence-electron chi connectivity index (χ1n) is 8.50. The standard InChI is InChI=1S/C17H24N4O3S/c1-3-24-16(22)14-12(11-21-8-6-20(2)7-9-21)18-17(23)19-15(14)13-5-4-10-25-13/h4-5,10,15H,3,6-9,11H2,1-2H3,(H2,18,19,23). The minimum atomic E-state index is -0.463. The van der Waals surface area contributed by atoms with Crippen molar-refractivity contribution in [3.05, 3.63) is 33.7 Å². The summed E-state index contributed by atoms with van der Waals surface area (Å²) in [4.78, 5) is 30.2. The number of piperazine rings is 1. The van der Waals surface area contributed by atoms with Crippen molar-refractivity contribution in [3.8, 4) is 0 Å². The van der Waals surface area contributed by atoms with Gasteiger partial charge in [-0.25, -0.2) is 9.59 Å². The maximum atomic E-state index is 12.6. The predicted molar refractivity (Wildman–Crippen MR) is 96.3 cm³/mol. The number of ether oxygens (including phenoxy) is 1. The van der Waals surface area contributed by atoms with Crippen LogP contribution in [0.25, 0.3) is 0 Å². The third-order valence-electron chi connectivity index (χ3n) is 4.45. The number of urea groups is 1. The number of carbonyl (C=O) groups excluding carboxylic acids is 2. The molecule has 0 aromatic carbocycles. The van der Waals surface area contributed by atoms with Crippen molar-refractivity contribution < 1.29 is 14.3 Å². The Bertz CT molecular complexity index is 651. The smallest absolute Gasteiger partial charge is 0.338 e. The fourth-order valence-electron chi connectivity index (χ4n) is 3.09. The molecule has 2 amide bonds. The minimum Gasteiger partial charge on any atom is -0.463 e. The van der Waals surface area contributed by atoms with Crippen LogP contribution >= 0.6 is 11.3 Å². The quantitative estimate of drug-likeness (QED) is 0.767. The highest BCUT2D eigenvalue weighted by Crippen LogP contribution is 2.31. The second-order valence-corrected chi connectivity index (χ2v) is 7.22. The average molecular weight is 364 g/mol. The molecule has 8 heteroatoms. The maximum absolute atomic E-state index is 12.6. The van der Waals surface area contributed by atoms with Crippen molar-refractivity contribution in [2.45, 2.75) is 13.0 Å². The largest absolute Gasteiger partial charge is 0.463 e. The van der Waals surface area contributed by atoms with E-state index in [1.54, 1.807) is 6.92 Å². The lowest BCUT2D eigenvalue weighted by Gasteiger charge is -2.35. The first-order valence-corrected chi connectivity index (χ1v) is 9.38. The van der Waals surface area contributed by atoms with Gasteiger partial charge >= 0.3 is 12.0 Å². The van der Waals surface area contributed by atoms with Crippen LogP contribution in [-0.4, -0.2) is 68.2 Å². The van der Waals surface area contributed by atoms with Crippen LogP contribution in [0.5, 0.6) is 0 Å². The molecule has 25 heavy (non-hydrogen) atoms. The van der Waals surface area contributed by atoms with Gasteiger partial charge in [-0.1, -0.05) is 6.07 Å². The first-order chi connectivity index (χ1) is 12.1. The highest BCUT2D eigenvalue weighted by atomic mass is 32.1. The fraction of sp³-hybridized carbons (Fsp3) is 0.529. The molecule has 1 unspecified atom stereocenters. The molecule has 0 saturated carbocycles. The van der Waals surface area contributed by atoms with Crippen molar-refractivity contribution in [2.75, 3.05) is 46.4 Å². The molecule has 0 radical (unpaired) electrons. The summed E-state index contributed by atoms with van der Waals surface area (Å²) in [5.41, 5.74) is 1.15. The summed E-state index contributed by atoms with van der Waals surface area (Å²) in [5, 5.41) is 7.63. The molecule has 2 aliphatic heterocycles. The van der Waals surface area contributed by atoms with Crippen molar-refractivity contribution >= 4 is 23.3 Å². The summed E-state index contributed by atoms with van der Waals surface area (Å²) in [6.07, 6.45) is 0. The van der Waals surface area contributed by atoms with Gasteiger partial charge in [-0.15, -0.1) is 11.3 Å². The van der Waals surface area contributed by atoms with Crippen molar-refractivity contribution in [2.24, 2.45) is 0 Å². The number of thiophene rings is 1. The molecule has 136 valence electrons. The molecule has 2 N–H and O–H groups in total. The van der Waals surface area contributed by atoms with E-state index in [0.29, 0.717) is 24.4 Å². The van der Waals surface area contributed by atoms with Crippen LogP contribution in [0.2, 0.25) is 0 Å². The number of rotatable bonds is 5. The predicted octanol–water partition coefficient (Wildman–Crippen LogP) is 1.17. The van der Waals surface area contributed by atoms with Gasteiger partial charge in [-0.2, -0.15) is 0 Å². The van der Waals surface area contributed by atoms with Crippen LogP contribution in [-0.2, 0) is 9.53 Å². The second-order valence-electron chi connectivity index (χ2n) is 6.24. The Morgan fingerprint density at radius 2 is 2.12 bits per heavy atom. The summed E-state index contributed by atoms with van der Waals surface area (Å²) in [5.74, 6) is -0.377. The fourth-order valence-corrected chi connectivity index (χ4v) is 3.88. The Morgan fingerprint density at radius 1 is 1.36 bits per heavy atom. The van der Waals surface area contributed by atoms with Gasteiger partial charge in [0.05, 0.1) is 18.2 Å². The average Bonchev–Trinajstić information content (AvgIpc) is 3.11. The second kappa shape index (κ2) is 7.99. The van der Waals surface area contributed by atoms with E-state index in [9.17, 15) is 9.59 Å². The Balaban J connectivity index is 1.90. The van der Waals surface area contributed by atoms with E-state index in [1.165, 1.54) is 11.3 Å². The molecule has 1 aromatic heterocycles. The summed E-state index contributed by atoms with van der Waals surface area (Å²) in [6, 6.07) is 3.09. The Morgan fingerprint density at radius 3 is 2.76 bits per heavy atom. The zero-order valence-corrected chi connectivity index (χ0v) is 15.4. The van der Waals surface area contributed by atoms with E-state index in [0.717, 1.165) is 31.1 Å². The zero-order chi connectivity index (χ0) is 17.8. The van der Waals surface area contributed by atoms with Gasteiger partial charge in [0.15, 0.2) is 0 Å². The van der Waals surface area contributed by atoms with Crippen molar-refractivity contribution in [3.63, 3.8) is 0 Å². The lowest BCUT2D eigenvalue weighted by molar-refractivity contribution is -0.139. The van der Waals surface area contributed by atoms with Crippen LogP contribution in [0.15, 0.2) is 28.8 Å². The molecule has 7 nitrogen and oxygen atoms in total. The number of hydrogen-bond acceptors (Lipinski definition) is 6. The molecule has 0 aliphatic carbocycles. The van der Waals surface area contributed by atoms with Gasteiger partial charge in [0.25, 0.3) is 0 Å². The summed E-state index contributed by atoms with van der Waals surface area (Å²) in [7, 11) is 2.10. The van der Waals surface area contributed by atoms with Gasteiger partial charge in [0.2, 0.25) is 0 Å². The Kier molecular flexibility index (Phi) is 5.72. The van der Waals surface area contributed by atoms with Crippen molar-refractivity contribution in [1.29, 1.82) is 0 Å². The molecular formula is C17H24N4O3S. The molecule has 1 fully saturated rings. The number of nitrogens with zero attached hydrogens (tertiary/aromatic N) is 2. The highest BCUT2D eigenvalue weighted by Gasteiger charge is 2.35. The molecular weight excluding hydrogens is 340 g/mol. The van der Waals surface area contributed by atoms with E-state index in [4.69, 9.17) is 4.74 Å². The summed E-state index contributed by atoms with van der Waals surface area (Å²) >= 11 is 1.51. The van der Waals surface area contributed by atoms with Crippen LogP contribution in [0, 0.1) is 0 Å². The molecule has 0 spiro atoms. The maximum Gasteiger partial charge on any atom is 0.338 e. The van der Waals surface area contributed by atoms with Gasteiger partial charge in [-0.3, -0.25) is 4.90 Å². The van der Waals surface area contributed by atoms with Gasteiger partial charge in [0, 0.05) is 43.3 Å². The van der Waals surface area contributed by atoms with Crippen LogP contribution in [0.3, 0.4) is 0 Å². The number of nitrogens with one attached hydrogen (secondary N) is 2. The molecule has 3 heterocycles. The third kappa shape index (κ3) is 4.20. The van der Waals surface area contributed by atoms with Crippen LogP contribution < -0.4 is 10.6 Å². The molecule has 1 atom stereocenters. The molecule has 1 aromatic rings. The van der Waals surface area contributed by atoms with E-state index in [2.05, 4.69) is 27.5 Å². The molecule has 0 bridgehead atoms. The minimum absolute atomic E-state index is 0.282. The van der Waals surface area contributed by atoms with E-state index in [1.807, 2.05) is 17.5 Å². The zero-order valence-electron chi connectivity index (χ0n) is 14.6.